The summed E-state index contributed by atoms with van der Waals surface area (Å²) in [4.78, 5) is 33.8. The van der Waals surface area contributed by atoms with E-state index < -0.39 is 0 Å². The van der Waals surface area contributed by atoms with Crippen LogP contribution in [0, 0.1) is 23.7 Å². The van der Waals surface area contributed by atoms with Crippen LogP contribution in [0.15, 0.2) is 17.1 Å². The van der Waals surface area contributed by atoms with E-state index in [0.717, 1.165) is 32.7 Å². The summed E-state index contributed by atoms with van der Waals surface area (Å²) < 4.78 is 5.75. The molecule has 3 fully saturated rings. The zero-order valence-corrected chi connectivity index (χ0v) is 19.5. The lowest BCUT2D eigenvalue weighted by molar-refractivity contribution is -0.140. The summed E-state index contributed by atoms with van der Waals surface area (Å²) in [6.07, 6.45) is 5.31. The van der Waals surface area contributed by atoms with Crippen molar-refractivity contribution in [3.05, 3.63) is 12.2 Å². The van der Waals surface area contributed by atoms with Crippen molar-refractivity contribution in [1.82, 2.24) is 20.4 Å². The molecule has 2 aliphatic carbocycles. The summed E-state index contributed by atoms with van der Waals surface area (Å²) in [5.41, 5.74) is 0. The first kappa shape index (κ1) is 22.5. The molecule has 2 aliphatic heterocycles. The number of fused-ring (bicyclic) bond motifs is 5. The van der Waals surface area contributed by atoms with Crippen molar-refractivity contribution >= 4 is 41.8 Å². The maximum atomic E-state index is 12.7. The summed E-state index contributed by atoms with van der Waals surface area (Å²) in [6.45, 7) is 6.79. The average molecular weight is 517 g/mol. The van der Waals surface area contributed by atoms with Crippen LogP contribution < -0.4 is 10.6 Å². The van der Waals surface area contributed by atoms with Crippen LogP contribution in [-0.4, -0.2) is 86.6 Å². The topological polar surface area (TPSA) is 86.3 Å². The number of likely N-dealkylation sites (tertiary alicyclic amines) is 1. The molecule has 2 amide bonds. The van der Waals surface area contributed by atoms with Crippen molar-refractivity contribution in [2.24, 2.45) is 28.7 Å². The number of hydrogen-bond acceptors (Lipinski definition) is 5. The molecule has 5 unspecified atom stereocenters. The standard InChI is InChI=1S/C20H31N5O3.HI/c1-3-21-20(23-11-15-12-24(2)8-9-28-15)22-6-7-25-18(26)16-13-4-5-14(10-13)17(16)19(25)27;/h4-5,13-17H,3,6-12H2,1-2H3,(H2,21,22,23);1H. The lowest BCUT2D eigenvalue weighted by Gasteiger charge is -2.29. The maximum absolute atomic E-state index is 12.7. The van der Waals surface area contributed by atoms with Crippen LogP contribution in [0.3, 0.4) is 0 Å². The minimum absolute atomic E-state index is 0. The lowest BCUT2D eigenvalue weighted by atomic mass is 9.85. The third kappa shape index (κ3) is 4.61. The summed E-state index contributed by atoms with van der Waals surface area (Å²) in [5, 5.41) is 6.47. The number of morpholine rings is 1. The van der Waals surface area contributed by atoms with Crippen molar-refractivity contribution in [1.29, 1.82) is 0 Å². The fraction of sp³-hybridized carbons (Fsp3) is 0.750. The number of imide groups is 1. The van der Waals surface area contributed by atoms with Gasteiger partial charge in [-0.25, -0.2) is 0 Å². The van der Waals surface area contributed by atoms with Crippen LogP contribution in [0.5, 0.6) is 0 Å². The monoisotopic (exact) mass is 517 g/mol. The molecule has 2 heterocycles. The van der Waals surface area contributed by atoms with E-state index in [-0.39, 0.29) is 65.6 Å². The quantitative estimate of drug-likeness (QED) is 0.173. The number of likely N-dealkylation sites (N-methyl/N-ethyl adjacent to an activating group) is 1. The summed E-state index contributed by atoms with van der Waals surface area (Å²) in [7, 11) is 2.09. The largest absolute Gasteiger partial charge is 0.374 e. The molecule has 9 heteroatoms. The molecular weight excluding hydrogens is 485 g/mol. The Morgan fingerprint density at radius 1 is 1.21 bits per heavy atom. The fourth-order valence-electron chi connectivity index (χ4n) is 4.98. The van der Waals surface area contributed by atoms with Crippen LogP contribution in [-0.2, 0) is 14.3 Å². The number of ether oxygens (including phenoxy) is 1. The molecular formula is C20H32IN5O3. The van der Waals surface area contributed by atoms with Gasteiger partial charge in [-0.1, -0.05) is 12.2 Å². The number of carbonyl (C=O) groups is 2. The first-order chi connectivity index (χ1) is 13.6. The normalized spacial score (nSPS) is 33.8. The molecule has 5 atom stereocenters. The van der Waals surface area contributed by atoms with Gasteiger partial charge in [-0.15, -0.1) is 24.0 Å². The summed E-state index contributed by atoms with van der Waals surface area (Å²) in [5.74, 6) is 0.993. The number of rotatable bonds is 6. The Hall–Kier alpha value is -1.20. The zero-order valence-electron chi connectivity index (χ0n) is 17.2. The highest BCUT2D eigenvalue weighted by Crippen LogP contribution is 2.52. The number of nitrogens with zero attached hydrogens (tertiary/aromatic N) is 3. The van der Waals surface area contributed by atoms with E-state index in [9.17, 15) is 9.59 Å². The second kappa shape index (κ2) is 9.74. The third-order valence-electron chi connectivity index (χ3n) is 6.33. The smallest absolute Gasteiger partial charge is 0.233 e. The number of nitrogens with one attached hydrogen (secondary N) is 2. The van der Waals surface area contributed by atoms with Crippen LogP contribution in [0.2, 0.25) is 0 Å². The van der Waals surface area contributed by atoms with Gasteiger partial charge in [-0.2, -0.15) is 0 Å². The fourth-order valence-corrected chi connectivity index (χ4v) is 4.98. The molecule has 2 N–H and O–H groups in total. The summed E-state index contributed by atoms with van der Waals surface area (Å²) >= 11 is 0. The van der Waals surface area contributed by atoms with E-state index in [2.05, 4.69) is 39.7 Å². The molecule has 4 aliphatic rings. The first-order valence-corrected chi connectivity index (χ1v) is 10.4. The van der Waals surface area contributed by atoms with Gasteiger partial charge < -0.3 is 20.3 Å². The number of guanidine groups is 1. The number of hydrogen-bond donors (Lipinski definition) is 2. The number of allylic oxidation sites excluding steroid dienone is 2. The van der Waals surface area contributed by atoms with Crippen molar-refractivity contribution in [3.8, 4) is 0 Å². The number of carbonyl (C=O) groups excluding carboxylic acids is 2. The highest BCUT2D eigenvalue weighted by atomic mass is 127. The highest BCUT2D eigenvalue weighted by molar-refractivity contribution is 14.0. The van der Waals surface area contributed by atoms with Gasteiger partial charge in [0.15, 0.2) is 5.96 Å². The lowest BCUT2D eigenvalue weighted by Crippen LogP contribution is -2.45. The van der Waals surface area contributed by atoms with Gasteiger partial charge in [-0.3, -0.25) is 19.5 Å². The second-order valence-corrected chi connectivity index (χ2v) is 8.23. The molecule has 162 valence electrons. The Kier molecular flexibility index (Phi) is 7.55. The SMILES string of the molecule is CCNC(=NCC1CN(C)CCO1)NCCN1C(=O)C2C3C=CC(C3)C2C1=O.I. The van der Waals surface area contributed by atoms with Gasteiger partial charge >= 0.3 is 0 Å². The predicted octanol–water partition coefficient (Wildman–Crippen LogP) is 0.297. The van der Waals surface area contributed by atoms with Gasteiger partial charge in [0.2, 0.25) is 11.8 Å². The molecule has 8 nitrogen and oxygen atoms in total. The molecule has 2 bridgehead atoms. The Bertz CT molecular complexity index is 655. The van der Waals surface area contributed by atoms with Crippen molar-refractivity contribution in [2.75, 3.05) is 52.9 Å². The Morgan fingerprint density at radius 3 is 2.52 bits per heavy atom. The van der Waals surface area contributed by atoms with Crippen LogP contribution in [0.4, 0.5) is 0 Å². The molecule has 0 aromatic carbocycles. The van der Waals surface area contributed by atoms with Gasteiger partial charge in [0.25, 0.3) is 0 Å². The Balaban J connectivity index is 0.00000240. The number of aliphatic imine (C=N–C) groups is 1. The minimum Gasteiger partial charge on any atom is -0.374 e. The second-order valence-electron chi connectivity index (χ2n) is 8.23. The van der Waals surface area contributed by atoms with E-state index in [4.69, 9.17) is 4.74 Å². The van der Waals surface area contributed by atoms with E-state index in [0.29, 0.717) is 25.6 Å². The van der Waals surface area contributed by atoms with Crippen LogP contribution in [0.1, 0.15) is 13.3 Å². The van der Waals surface area contributed by atoms with E-state index in [1.807, 2.05) is 6.92 Å². The minimum atomic E-state index is -0.121. The van der Waals surface area contributed by atoms with Crippen molar-refractivity contribution in [2.45, 2.75) is 19.4 Å². The first-order valence-electron chi connectivity index (χ1n) is 10.4. The number of amides is 2. The van der Waals surface area contributed by atoms with Gasteiger partial charge in [0.05, 0.1) is 31.1 Å². The number of halogens is 1. The molecule has 4 rings (SSSR count). The molecule has 0 radical (unpaired) electrons. The molecule has 0 aromatic heterocycles. The molecule has 29 heavy (non-hydrogen) atoms. The van der Waals surface area contributed by atoms with Crippen molar-refractivity contribution < 1.29 is 14.3 Å². The van der Waals surface area contributed by atoms with E-state index in [1.165, 1.54) is 4.90 Å². The average Bonchev–Trinajstić information content (AvgIpc) is 3.35. The van der Waals surface area contributed by atoms with Gasteiger partial charge in [0.1, 0.15) is 0 Å². The zero-order chi connectivity index (χ0) is 19.7. The Labute approximate surface area is 189 Å². The summed E-state index contributed by atoms with van der Waals surface area (Å²) in [6, 6.07) is 0. The van der Waals surface area contributed by atoms with Crippen LogP contribution in [0.25, 0.3) is 0 Å². The third-order valence-corrected chi connectivity index (χ3v) is 6.33. The van der Waals surface area contributed by atoms with E-state index >= 15 is 0 Å². The predicted molar refractivity (Wildman–Crippen MR) is 121 cm³/mol. The highest BCUT2D eigenvalue weighted by Gasteiger charge is 2.58. The van der Waals surface area contributed by atoms with Crippen molar-refractivity contribution in [3.63, 3.8) is 0 Å². The Morgan fingerprint density at radius 2 is 1.90 bits per heavy atom. The molecule has 1 saturated carbocycles. The van der Waals surface area contributed by atoms with Crippen LogP contribution >= 0.6 is 24.0 Å². The van der Waals surface area contributed by atoms with E-state index in [1.54, 1.807) is 0 Å². The molecule has 2 saturated heterocycles. The van der Waals surface area contributed by atoms with Gasteiger partial charge in [0, 0.05) is 32.7 Å². The van der Waals surface area contributed by atoms with Gasteiger partial charge in [-0.05, 0) is 32.2 Å². The molecule has 0 spiro atoms. The molecule has 0 aromatic rings. The maximum Gasteiger partial charge on any atom is 0.233 e.